The van der Waals surface area contributed by atoms with Gasteiger partial charge in [0.25, 0.3) is 0 Å². The maximum absolute atomic E-state index is 5.57. The number of pyridine rings is 1. The normalized spacial score (nSPS) is 11.2. The van der Waals surface area contributed by atoms with Crippen molar-refractivity contribution in [2.75, 3.05) is 33.5 Å². The zero-order valence-electron chi connectivity index (χ0n) is 13.4. The molecular weight excluding hydrogens is 268 g/mol. The highest BCUT2D eigenvalue weighted by molar-refractivity contribution is 5.10. The van der Waals surface area contributed by atoms with E-state index in [0.29, 0.717) is 32.5 Å². The van der Waals surface area contributed by atoms with Crippen LogP contribution in [0.25, 0.3) is 0 Å². The molecule has 1 rings (SSSR count). The summed E-state index contributed by atoms with van der Waals surface area (Å²) in [4.78, 5) is 4.56. The Kier molecular flexibility index (Phi) is 9.99. The van der Waals surface area contributed by atoms with Crippen molar-refractivity contribution in [2.24, 2.45) is 0 Å². The highest BCUT2D eigenvalue weighted by atomic mass is 16.5. The summed E-state index contributed by atoms with van der Waals surface area (Å²) in [5.74, 6) is 0. The molecule has 1 aromatic heterocycles. The van der Waals surface area contributed by atoms with Crippen LogP contribution in [0.3, 0.4) is 0 Å². The topological polar surface area (TPSA) is 52.6 Å². The van der Waals surface area contributed by atoms with E-state index in [9.17, 15) is 0 Å². The summed E-state index contributed by atoms with van der Waals surface area (Å²) >= 11 is 0. The third-order valence-electron chi connectivity index (χ3n) is 2.81. The fourth-order valence-corrected chi connectivity index (χ4v) is 1.72. The van der Waals surface area contributed by atoms with Gasteiger partial charge in [0.05, 0.1) is 31.2 Å². The Morgan fingerprint density at radius 3 is 2.57 bits per heavy atom. The standard InChI is InChI=1S/C16H28N2O3/c1-14(2)17-12-15-6-4-7-16(18-15)13-21-11-10-20-9-5-8-19-3/h4,6-7,14,17H,5,8-13H2,1-3H3. The zero-order valence-corrected chi connectivity index (χ0v) is 13.4. The second-order valence-electron chi connectivity index (χ2n) is 5.17. The third-order valence-corrected chi connectivity index (χ3v) is 2.81. The van der Waals surface area contributed by atoms with Crippen LogP contribution >= 0.6 is 0 Å². The monoisotopic (exact) mass is 296 g/mol. The van der Waals surface area contributed by atoms with Crippen LogP contribution in [0.4, 0.5) is 0 Å². The molecule has 0 atom stereocenters. The summed E-state index contributed by atoms with van der Waals surface area (Å²) in [7, 11) is 1.70. The number of nitrogens with zero attached hydrogens (tertiary/aromatic N) is 1. The SMILES string of the molecule is COCCCOCCOCc1cccc(CNC(C)C)n1. The summed E-state index contributed by atoms with van der Waals surface area (Å²) in [6, 6.07) is 6.49. The molecule has 0 spiro atoms. The number of hydrogen-bond donors (Lipinski definition) is 1. The van der Waals surface area contributed by atoms with E-state index in [-0.39, 0.29) is 0 Å². The molecule has 0 saturated carbocycles. The summed E-state index contributed by atoms with van der Waals surface area (Å²) in [5.41, 5.74) is 2.00. The van der Waals surface area contributed by atoms with E-state index in [1.54, 1.807) is 7.11 Å². The molecular formula is C16H28N2O3. The first-order valence-electron chi connectivity index (χ1n) is 7.55. The van der Waals surface area contributed by atoms with E-state index in [2.05, 4.69) is 24.1 Å². The van der Waals surface area contributed by atoms with Crippen LogP contribution in [0.2, 0.25) is 0 Å². The second kappa shape index (κ2) is 11.6. The molecule has 0 unspecified atom stereocenters. The molecule has 0 fully saturated rings. The molecule has 0 amide bonds. The first kappa shape index (κ1) is 18.0. The van der Waals surface area contributed by atoms with Crippen molar-refractivity contribution in [3.05, 3.63) is 29.6 Å². The van der Waals surface area contributed by atoms with Gasteiger partial charge in [0.2, 0.25) is 0 Å². The highest BCUT2D eigenvalue weighted by Crippen LogP contribution is 2.02. The molecule has 21 heavy (non-hydrogen) atoms. The first-order chi connectivity index (χ1) is 10.2. The van der Waals surface area contributed by atoms with E-state index >= 15 is 0 Å². The quantitative estimate of drug-likeness (QED) is 0.599. The number of aromatic nitrogens is 1. The Hall–Kier alpha value is -1.01. The second-order valence-corrected chi connectivity index (χ2v) is 5.17. The van der Waals surface area contributed by atoms with Gasteiger partial charge in [0.1, 0.15) is 0 Å². The van der Waals surface area contributed by atoms with Gasteiger partial charge in [-0.25, -0.2) is 0 Å². The van der Waals surface area contributed by atoms with Gasteiger partial charge in [0.15, 0.2) is 0 Å². The van der Waals surface area contributed by atoms with Gasteiger partial charge in [-0.1, -0.05) is 19.9 Å². The van der Waals surface area contributed by atoms with Crippen molar-refractivity contribution >= 4 is 0 Å². The van der Waals surface area contributed by atoms with Gasteiger partial charge in [-0.05, 0) is 18.6 Å². The van der Waals surface area contributed by atoms with E-state index in [4.69, 9.17) is 14.2 Å². The number of hydrogen-bond acceptors (Lipinski definition) is 5. The molecule has 0 radical (unpaired) electrons. The van der Waals surface area contributed by atoms with Crippen LogP contribution in [0, 0.1) is 0 Å². The van der Waals surface area contributed by atoms with E-state index in [0.717, 1.165) is 31.0 Å². The van der Waals surface area contributed by atoms with Gasteiger partial charge in [-0.3, -0.25) is 4.98 Å². The van der Waals surface area contributed by atoms with Crippen LogP contribution in [0.5, 0.6) is 0 Å². The summed E-state index contributed by atoms with van der Waals surface area (Å²) in [6.45, 7) is 8.21. The lowest BCUT2D eigenvalue weighted by Crippen LogP contribution is -2.22. The molecule has 120 valence electrons. The Labute approximate surface area is 128 Å². The molecule has 0 aliphatic carbocycles. The fourth-order valence-electron chi connectivity index (χ4n) is 1.72. The van der Waals surface area contributed by atoms with Gasteiger partial charge in [-0.15, -0.1) is 0 Å². The molecule has 1 heterocycles. The minimum atomic E-state index is 0.460. The number of methoxy groups -OCH3 is 1. The zero-order chi connectivity index (χ0) is 15.3. The maximum Gasteiger partial charge on any atom is 0.0889 e. The van der Waals surface area contributed by atoms with Crippen LogP contribution in [0.15, 0.2) is 18.2 Å². The molecule has 0 bridgehead atoms. The van der Waals surface area contributed by atoms with E-state index in [1.165, 1.54) is 0 Å². The predicted molar refractivity (Wildman–Crippen MR) is 83.2 cm³/mol. The Balaban J connectivity index is 2.13. The minimum absolute atomic E-state index is 0.460. The van der Waals surface area contributed by atoms with Crippen LogP contribution in [-0.2, 0) is 27.4 Å². The molecule has 0 aliphatic heterocycles. The molecule has 5 nitrogen and oxygen atoms in total. The Morgan fingerprint density at radius 1 is 1.05 bits per heavy atom. The van der Waals surface area contributed by atoms with Crippen molar-refractivity contribution in [1.29, 1.82) is 0 Å². The van der Waals surface area contributed by atoms with E-state index < -0.39 is 0 Å². The fraction of sp³-hybridized carbons (Fsp3) is 0.688. The average Bonchev–Trinajstić information content (AvgIpc) is 2.48. The van der Waals surface area contributed by atoms with Gasteiger partial charge >= 0.3 is 0 Å². The van der Waals surface area contributed by atoms with E-state index in [1.807, 2.05) is 18.2 Å². The molecule has 0 aliphatic rings. The first-order valence-corrected chi connectivity index (χ1v) is 7.55. The largest absolute Gasteiger partial charge is 0.385 e. The smallest absolute Gasteiger partial charge is 0.0889 e. The Morgan fingerprint density at radius 2 is 1.81 bits per heavy atom. The summed E-state index contributed by atoms with van der Waals surface area (Å²) in [5, 5.41) is 3.36. The van der Waals surface area contributed by atoms with Crippen molar-refractivity contribution in [3.63, 3.8) is 0 Å². The van der Waals surface area contributed by atoms with Crippen molar-refractivity contribution < 1.29 is 14.2 Å². The lowest BCUT2D eigenvalue weighted by molar-refractivity contribution is 0.0327. The lowest BCUT2D eigenvalue weighted by Gasteiger charge is -2.09. The molecule has 0 saturated heterocycles. The minimum Gasteiger partial charge on any atom is -0.385 e. The van der Waals surface area contributed by atoms with Crippen LogP contribution in [-0.4, -0.2) is 44.6 Å². The van der Waals surface area contributed by atoms with Crippen LogP contribution in [0.1, 0.15) is 31.7 Å². The Bertz CT molecular complexity index is 372. The van der Waals surface area contributed by atoms with Crippen LogP contribution < -0.4 is 5.32 Å². The average molecular weight is 296 g/mol. The van der Waals surface area contributed by atoms with Gasteiger partial charge in [-0.2, -0.15) is 0 Å². The number of rotatable bonds is 12. The summed E-state index contributed by atoms with van der Waals surface area (Å²) in [6.07, 6.45) is 0.920. The maximum atomic E-state index is 5.57. The van der Waals surface area contributed by atoms with Gasteiger partial charge in [0, 0.05) is 32.9 Å². The lowest BCUT2D eigenvalue weighted by atomic mass is 10.3. The van der Waals surface area contributed by atoms with Gasteiger partial charge < -0.3 is 19.5 Å². The molecule has 1 N–H and O–H groups in total. The molecule has 5 heteroatoms. The predicted octanol–water partition coefficient (Wildman–Crippen LogP) is 2.15. The number of nitrogens with one attached hydrogen (secondary N) is 1. The molecule has 1 aromatic rings. The molecule has 0 aromatic carbocycles. The van der Waals surface area contributed by atoms with Crippen molar-refractivity contribution in [3.8, 4) is 0 Å². The van der Waals surface area contributed by atoms with Crippen molar-refractivity contribution in [2.45, 2.75) is 39.5 Å². The number of ether oxygens (including phenoxy) is 3. The third kappa shape index (κ3) is 9.52. The summed E-state index contributed by atoms with van der Waals surface area (Å²) < 4.78 is 15.9. The van der Waals surface area contributed by atoms with Crippen molar-refractivity contribution in [1.82, 2.24) is 10.3 Å². The highest BCUT2D eigenvalue weighted by Gasteiger charge is 2.00.